The van der Waals surface area contributed by atoms with E-state index in [9.17, 15) is 5.11 Å². The van der Waals surface area contributed by atoms with Gasteiger partial charge >= 0.3 is 0 Å². The highest BCUT2D eigenvalue weighted by Gasteiger charge is 2.16. The molecule has 1 saturated carbocycles. The van der Waals surface area contributed by atoms with Gasteiger partial charge in [0.1, 0.15) is 0 Å². The summed E-state index contributed by atoms with van der Waals surface area (Å²) >= 11 is 3.33. The Hall–Kier alpha value is -0.740. The van der Waals surface area contributed by atoms with Crippen molar-refractivity contribution in [1.29, 1.82) is 0 Å². The van der Waals surface area contributed by atoms with Crippen molar-refractivity contribution in [2.45, 2.75) is 25.8 Å². The summed E-state index contributed by atoms with van der Waals surface area (Å²) < 4.78 is 5.80. The first-order valence-corrected chi connectivity index (χ1v) is 6.76. The minimum absolute atomic E-state index is 0.162. The Labute approximate surface area is 110 Å². The van der Waals surface area contributed by atoms with E-state index in [-0.39, 0.29) is 5.75 Å². The molecule has 17 heavy (non-hydrogen) atoms. The third-order valence-corrected chi connectivity index (χ3v) is 3.90. The lowest BCUT2D eigenvalue weighted by molar-refractivity contribution is 0.301. The number of phenolic OH excluding ortho intramolecular Hbond substituents is 1. The first kappa shape index (κ1) is 12.7. The Morgan fingerprint density at radius 1 is 1.47 bits per heavy atom. The molecule has 94 valence electrons. The van der Waals surface area contributed by atoms with Gasteiger partial charge in [0.25, 0.3) is 0 Å². The molecule has 1 aromatic rings. The van der Waals surface area contributed by atoms with Gasteiger partial charge < -0.3 is 15.2 Å². The highest BCUT2D eigenvalue weighted by Crippen LogP contribution is 2.35. The van der Waals surface area contributed by atoms with Crippen molar-refractivity contribution in [1.82, 2.24) is 5.32 Å². The first-order valence-electron chi connectivity index (χ1n) is 5.97. The maximum absolute atomic E-state index is 9.69. The van der Waals surface area contributed by atoms with E-state index < -0.39 is 0 Å². The number of hydrogen-bond acceptors (Lipinski definition) is 3. The third-order valence-electron chi connectivity index (χ3n) is 3.30. The number of phenols is 1. The Kier molecular flexibility index (Phi) is 4.29. The average Bonchev–Trinajstić information content (AvgIpc) is 2.26. The molecule has 2 N–H and O–H groups in total. The molecule has 3 nitrogen and oxygen atoms in total. The maximum atomic E-state index is 9.69. The summed E-state index contributed by atoms with van der Waals surface area (Å²) in [5, 5.41) is 13.1. The molecule has 4 heteroatoms. The molecule has 2 rings (SSSR count). The second-order valence-electron chi connectivity index (χ2n) is 4.56. The van der Waals surface area contributed by atoms with Gasteiger partial charge in [-0.25, -0.2) is 0 Å². The van der Waals surface area contributed by atoms with Crippen LogP contribution in [0, 0.1) is 5.92 Å². The predicted molar refractivity (Wildman–Crippen MR) is 71.4 cm³/mol. The Morgan fingerprint density at radius 3 is 2.82 bits per heavy atom. The zero-order valence-corrected chi connectivity index (χ0v) is 11.6. The van der Waals surface area contributed by atoms with Crippen molar-refractivity contribution in [2.75, 3.05) is 13.7 Å². The molecule has 0 atom stereocenters. The molecule has 0 heterocycles. The van der Waals surface area contributed by atoms with E-state index in [2.05, 4.69) is 21.2 Å². The molecule has 0 bridgehead atoms. The molecule has 1 aromatic carbocycles. The van der Waals surface area contributed by atoms with Crippen molar-refractivity contribution < 1.29 is 9.84 Å². The van der Waals surface area contributed by atoms with E-state index >= 15 is 0 Å². The molecule has 1 fully saturated rings. The van der Waals surface area contributed by atoms with E-state index in [0.717, 1.165) is 24.6 Å². The second-order valence-corrected chi connectivity index (χ2v) is 5.41. The molecule has 0 aliphatic heterocycles. The van der Waals surface area contributed by atoms with Crippen LogP contribution in [0.5, 0.6) is 11.5 Å². The molecular weight excluding hydrogens is 282 g/mol. The number of methoxy groups -OCH3 is 1. The second kappa shape index (κ2) is 5.74. The molecule has 1 aliphatic carbocycles. The van der Waals surface area contributed by atoms with E-state index in [1.807, 2.05) is 12.1 Å². The van der Waals surface area contributed by atoms with Crippen LogP contribution in [0.1, 0.15) is 24.8 Å². The van der Waals surface area contributed by atoms with Crippen molar-refractivity contribution in [2.24, 2.45) is 5.92 Å². The number of rotatable bonds is 5. The molecule has 0 spiro atoms. The highest BCUT2D eigenvalue weighted by molar-refractivity contribution is 9.10. The zero-order chi connectivity index (χ0) is 12.3. The fourth-order valence-corrected chi connectivity index (χ4v) is 2.49. The van der Waals surface area contributed by atoms with Crippen LogP contribution in [0.4, 0.5) is 0 Å². The van der Waals surface area contributed by atoms with Gasteiger partial charge in [-0.3, -0.25) is 0 Å². The molecule has 0 saturated heterocycles. The number of halogens is 1. The average molecular weight is 300 g/mol. The standard InChI is InChI=1S/C13H18BrNO2/c1-17-12-6-10(5-11(14)13(12)16)8-15-7-9-3-2-4-9/h5-6,9,15-16H,2-4,7-8H2,1H3. The fourth-order valence-electron chi connectivity index (χ4n) is 2.00. The number of ether oxygens (including phenoxy) is 1. The van der Waals surface area contributed by atoms with Crippen LogP contribution in [0.15, 0.2) is 16.6 Å². The van der Waals surface area contributed by atoms with Crippen molar-refractivity contribution >= 4 is 15.9 Å². The molecular formula is C13H18BrNO2. The number of hydrogen-bond donors (Lipinski definition) is 2. The maximum Gasteiger partial charge on any atom is 0.172 e. The van der Waals surface area contributed by atoms with E-state index in [4.69, 9.17) is 4.74 Å². The van der Waals surface area contributed by atoms with Gasteiger partial charge in [0.05, 0.1) is 11.6 Å². The zero-order valence-electron chi connectivity index (χ0n) is 10.0. The summed E-state index contributed by atoms with van der Waals surface area (Å²) in [7, 11) is 1.56. The molecule has 0 unspecified atom stereocenters. The van der Waals surface area contributed by atoms with Crippen molar-refractivity contribution in [3.63, 3.8) is 0 Å². The summed E-state index contributed by atoms with van der Waals surface area (Å²) in [5.41, 5.74) is 1.12. The van der Waals surface area contributed by atoms with Crippen LogP contribution >= 0.6 is 15.9 Å². The third kappa shape index (κ3) is 3.13. The first-order chi connectivity index (χ1) is 8.20. The van der Waals surface area contributed by atoms with Gasteiger partial charge in [-0.2, -0.15) is 0 Å². The Bertz CT molecular complexity index is 391. The lowest BCUT2D eigenvalue weighted by Gasteiger charge is -2.25. The fraction of sp³-hybridized carbons (Fsp3) is 0.538. The number of nitrogens with one attached hydrogen (secondary N) is 1. The monoisotopic (exact) mass is 299 g/mol. The van der Waals surface area contributed by atoms with Gasteiger partial charge in [0.15, 0.2) is 11.5 Å². The minimum Gasteiger partial charge on any atom is -0.503 e. The van der Waals surface area contributed by atoms with Crippen molar-refractivity contribution in [3.05, 3.63) is 22.2 Å². The highest BCUT2D eigenvalue weighted by atomic mass is 79.9. The quantitative estimate of drug-likeness (QED) is 0.878. The van der Waals surface area contributed by atoms with Crippen molar-refractivity contribution in [3.8, 4) is 11.5 Å². The van der Waals surface area contributed by atoms with Gasteiger partial charge in [0.2, 0.25) is 0 Å². The summed E-state index contributed by atoms with van der Waals surface area (Å²) in [5.74, 6) is 1.53. The smallest absolute Gasteiger partial charge is 0.172 e. The van der Waals surface area contributed by atoms with Gasteiger partial charge in [-0.15, -0.1) is 0 Å². The van der Waals surface area contributed by atoms with Crippen LogP contribution in [-0.4, -0.2) is 18.8 Å². The summed E-state index contributed by atoms with van der Waals surface area (Å²) in [4.78, 5) is 0. The molecule has 1 aliphatic rings. The van der Waals surface area contributed by atoms with Crippen LogP contribution in [0.3, 0.4) is 0 Å². The molecule has 0 amide bonds. The number of benzene rings is 1. The summed E-state index contributed by atoms with van der Waals surface area (Å²) in [6.07, 6.45) is 4.09. The van der Waals surface area contributed by atoms with E-state index in [1.54, 1.807) is 7.11 Å². The van der Waals surface area contributed by atoms with Crippen LogP contribution in [0.2, 0.25) is 0 Å². The lowest BCUT2D eigenvalue weighted by atomic mass is 9.85. The van der Waals surface area contributed by atoms with Crippen LogP contribution in [-0.2, 0) is 6.54 Å². The largest absolute Gasteiger partial charge is 0.503 e. The summed E-state index contributed by atoms with van der Waals surface area (Å²) in [6, 6.07) is 3.79. The Morgan fingerprint density at radius 2 is 2.24 bits per heavy atom. The number of aromatic hydroxyl groups is 1. The predicted octanol–water partition coefficient (Wildman–Crippen LogP) is 3.05. The normalized spacial score (nSPS) is 15.6. The summed E-state index contributed by atoms with van der Waals surface area (Å²) in [6.45, 7) is 1.90. The van der Waals surface area contributed by atoms with Gasteiger partial charge in [-0.1, -0.05) is 6.42 Å². The van der Waals surface area contributed by atoms with E-state index in [1.165, 1.54) is 19.3 Å². The minimum atomic E-state index is 0.162. The molecule has 0 aromatic heterocycles. The van der Waals surface area contributed by atoms with Gasteiger partial charge in [0, 0.05) is 6.54 Å². The molecule has 0 radical (unpaired) electrons. The topological polar surface area (TPSA) is 41.5 Å². The lowest BCUT2D eigenvalue weighted by Crippen LogP contribution is -2.26. The van der Waals surface area contributed by atoms with Crippen LogP contribution in [0.25, 0.3) is 0 Å². The Balaban J connectivity index is 1.92. The van der Waals surface area contributed by atoms with Gasteiger partial charge in [-0.05, 0) is 58.9 Å². The van der Waals surface area contributed by atoms with Crippen LogP contribution < -0.4 is 10.1 Å². The van der Waals surface area contributed by atoms with E-state index in [0.29, 0.717) is 10.2 Å². The SMILES string of the molecule is COc1cc(CNCC2CCC2)cc(Br)c1O.